The first-order valence-corrected chi connectivity index (χ1v) is 8.95. The van der Waals surface area contributed by atoms with Crippen LogP contribution in [-0.4, -0.2) is 17.9 Å². The molecule has 25 heavy (non-hydrogen) atoms. The number of benzene rings is 1. The molecule has 1 heterocycles. The van der Waals surface area contributed by atoms with Gasteiger partial charge in [0.2, 0.25) is 0 Å². The van der Waals surface area contributed by atoms with Gasteiger partial charge in [-0.05, 0) is 42.5 Å². The van der Waals surface area contributed by atoms with Crippen LogP contribution in [0.5, 0.6) is 0 Å². The normalized spacial score (nSPS) is 12.8. The van der Waals surface area contributed by atoms with E-state index in [-0.39, 0.29) is 0 Å². The van der Waals surface area contributed by atoms with Crippen molar-refractivity contribution >= 4 is 5.78 Å². The van der Waals surface area contributed by atoms with Crippen molar-refractivity contribution in [1.82, 2.24) is 4.98 Å². The fraction of sp³-hybridized carbons (Fsp3) is 0.455. The van der Waals surface area contributed by atoms with Crippen molar-refractivity contribution in [3.05, 3.63) is 53.9 Å². The first-order valence-electron chi connectivity index (χ1n) is 8.95. The van der Waals surface area contributed by atoms with Crippen LogP contribution in [0.15, 0.2) is 42.7 Å². The summed E-state index contributed by atoms with van der Waals surface area (Å²) < 4.78 is 5.17. The molecule has 0 fully saturated rings. The summed E-state index contributed by atoms with van der Waals surface area (Å²) in [6.45, 7) is 8.86. The van der Waals surface area contributed by atoms with Crippen LogP contribution in [0.25, 0.3) is 11.1 Å². The highest BCUT2D eigenvalue weighted by atomic mass is 16.5. The number of methoxy groups -OCH3 is 1. The van der Waals surface area contributed by atoms with Crippen molar-refractivity contribution in [2.75, 3.05) is 7.11 Å². The smallest absolute Gasteiger partial charge is 0.143 e. The molecule has 1 aromatic carbocycles. The van der Waals surface area contributed by atoms with E-state index >= 15 is 0 Å². The van der Waals surface area contributed by atoms with E-state index in [1.54, 1.807) is 7.11 Å². The van der Waals surface area contributed by atoms with Crippen molar-refractivity contribution in [1.29, 1.82) is 0 Å². The molecule has 0 unspecified atom stereocenters. The van der Waals surface area contributed by atoms with Crippen LogP contribution >= 0.6 is 0 Å². The number of Topliss-reactive ketones (excluding diaryl/α,β-unsaturated/α-hetero) is 1. The largest absolute Gasteiger partial charge is 0.380 e. The van der Waals surface area contributed by atoms with E-state index in [9.17, 15) is 4.79 Å². The molecule has 0 aliphatic carbocycles. The highest BCUT2D eigenvalue weighted by molar-refractivity contribution is 5.89. The number of rotatable bonds is 8. The second-order valence-electron chi connectivity index (χ2n) is 7.36. The Bertz CT molecular complexity index is 704. The minimum absolute atomic E-state index is 0.304. The lowest BCUT2D eigenvalue weighted by molar-refractivity contribution is -0.124. The van der Waals surface area contributed by atoms with E-state index in [1.807, 2.05) is 26.2 Å². The third kappa shape index (κ3) is 4.76. The van der Waals surface area contributed by atoms with Gasteiger partial charge in [-0.15, -0.1) is 0 Å². The summed E-state index contributed by atoms with van der Waals surface area (Å²) in [5.74, 6) is 0.735. The Morgan fingerprint density at radius 1 is 1.16 bits per heavy atom. The number of hydrogen-bond donors (Lipinski definition) is 0. The van der Waals surface area contributed by atoms with Gasteiger partial charge in [-0.1, -0.05) is 44.5 Å². The fourth-order valence-electron chi connectivity index (χ4n) is 2.85. The number of hydrogen-bond acceptors (Lipinski definition) is 3. The van der Waals surface area contributed by atoms with E-state index < -0.39 is 5.41 Å². The van der Waals surface area contributed by atoms with Crippen LogP contribution in [0, 0.1) is 5.92 Å². The Kier molecular flexibility index (Phi) is 6.49. The Hall–Kier alpha value is -2.00. The summed E-state index contributed by atoms with van der Waals surface area (Å²) >= 11 is 0. The molecule has 0 saturated heterocycles. The Morgan fingerprint density at radius 2 is 1.84 bits per heavy atom. The molecule has 1 atom stereocenters. The van der Waals surface area contributed by atoms with Gasteiger partial charge < -0.3 is 4.74 Å². The molecule has 2 aromatic rings. The topological polar surface area (TPSA) is 39.2 Å². The second-order valence-corrected chi connectivity index (χ2v) is 7.36. The summed E-state index contributed by atoms with van der Waals surface area (Å²) in [5, 5.41) is 0. The van der Waals surface area contributed by atoms with Crippen molar-refractivity contribution in [2.24, 2.45) is 5.92 Å². The highest BCUT2D eigenvalue weighted by Gasteiger charge is 2.30. The van der Waals surface area contributed by atoms with Crippen LogP contribution in [0.2, 0.25) is 0 Å². The predicted octanol–water partition coefficient (Wildman–Crippen LogP) is 5.18. The molecule has 0 bridgehead atoms. The van der Waals surface area contributed by atoms with E-state index in [0.717, 1.165) is 28.7 Å². The molecule has 134 valence electrons. The molecule has 3 heteroatoms. The quantitative estimate of drug-likeness (QED) is 0.665. The summed E-state index contributed by atoms with van der Waals surface area (Å²) in [5.41, 5.74) is 3.81. The minimum Gasteiger partial charge on any atom is -0.380 e. The molecule has 0 spiro atoms. The molecular formula is C22H29NO2. The highest BCUT2D eigenvalue weighted by Crippen LogP contribution is 2.30. The van der Waals surface area contributed by atoms with Crippen LogP contribution in [0.1, 0.15) is 51.7 Å². The number of carbonyl (C=O) groups is 1. The third-order valence-electron chi connectivity index (χ3n) is 4.97. The Morgan fingerprint density at radius 3 is 2.44 bits per heavy atom. The predicted molar refractivity (Wildman–Crippen MR) is 102 cm³/mol. The number of ketones is 1. The molecule has 0 N–H and O–H groups in total. The molecule has 0 aliphatic heterocycles. The van der Waals surface area contributed by atoms with Gasteiger partial charge in [-0.25, -0.2) is 0 Å². The Labute approximate surface area is 151 Å². The first kappa shape index (κ1) is 19.3. The Balaban J connectivity index is 2.21. The molecule has 0 radical (unpaired) electrons. The monoisotopic (exact) mass is 339 g/mol. The van der Waals surface area contributed by atoms with Crippen LogP contribution in [0.4, 0.5) is 0 Å². The minimum atomic E-state index is -0.460. The summed E-state index contributed by atoms with van der Waals surface area (Å²) in [6.07, 6.45) is 5.34. The lowest BCUT2D eigenvalue weighted by Crippen LogP contribution is -2.30. The van der Waals surface area contributed by atoms with Crippen molar-refractivity contribution in [2.45, 2.75) is 52.6 Å². The molecule has 0 aliphatic rings. The van der Waals surface area contributed by atoms with Gasteiger partial charge in [0.15, 0.2) is 0 Å². The lowest BCUT2D eigenvalue weighted by atomic mass is 9.77. The van der Waals surface area contributed by atoms with E-state index in [1.165, 1.54) is 0 Å². The van der Waals surface area contributed by atoms with E-state index in [0.29, 0.717) is 24.7 Å². The summed E-state index contributed by atoms with van der Waals surface area (Å²) in [4.78, 5) is 17.0. The number of nitrogens with zero attached hydrogens (tertiary/aromatic N) is 1. The van der Waals surface area contributed by atoms with Gasteiger partial charge in [0.05, 0.1) is 6.61 Å². The SMILES string of the molecule is CC[C@@H](C)CC(=O)C(C)(C)c1ccc(-c2cncc(COC)c2)cc1. The van der Waals surface area contributed by atoms with Gasteiger partial charge in [-0.3, -0.25) is 9.78 Å². The summed E-state index contributed by atoms with van der Waals surface area (Å²) in [7, 11) is 1.68. The zero-order chi connectivity index (χ0) is 18.4. The first-order chi connectivity index (χ1) is 11.9. The zero-order valence-corrected chi connectivity index (χ0v) is 16.0. The molecular weight excluding hydrogens is 310 g/mol. The van der Waals surface area contributed by atoms with E-state index in [4.69, 9.17) is 4.74 Å². The maximum atomic E-state index is 12.7. The van der Waals surface area contributed by atoms with Crippen molar-refractivity contribution in [3.63, 3.8) is 0 Å². The average Bonchev–Trinajstić information content (AvgIpc) is 2.62. The van der Waals surface area contributed by atoms with Crippen LogP contribution in [-0.2, 0) is 21.6 Å². The second kappa shape index (κ2) is 8.39. The summed E-state index contributed by atoms with van der Waals surface area (Å²) in [6, 6.07) is 10.4. The number of ether oxygens (including phenoxy) is 1. The molecule has 0 saturated carbocycles. The molecule has 3 nitrogen and oxygen atoms in total. The van der Waals surface area contributed by atoms with Gasteiger partial charge in [0.25, 0.3) is 0 Å². The van der Waals surface area contributed by atoms with E-state index in [2.05, 4.69) is 49.2 Å². The van der Waals surface area contributed by atoms with Crippen molar-refractivity contribution < 1.29 is 9.53 Å². The lowest BCUT2D eigenvalue weighted by Gasteiger charge is -2.25. The van der Waals surface area contributed by atoms with Crippen molar-refractivity contribution in [3.8, 4) is 11.1 Å². The molecule has 0 amide bonds. The zero-order valence-electron chi connectivity index (χ0n) is 16.0. The van der Waals surface area contributed by atoms with Crippen LogP contribution < -0.4 is 0 Å². The number of pyridine rings is 1. The van der Waals surface area contributed by atoms with Gasteiger partial charge in [-0.2, -0.15) is 0 Å². The average molecular weight is 339 g/mol. The van der Waals surface area contributed by atoms with Crippen LogP contribution in [0.3, 0.4) is 0 Å². The fourth-order valence-corrected chi connectivity index (χ4v) is 2.85. The van der Waals surface area contributed by atoms with Gasteiger partial charge in [0.1, 0.15) is 5.78 Å². The maximum Gasteiger partial charge on any atom is 0.143 e. The number of aromatic nitrogens is 1. The third-order valence-corrected chi connectivity index (χ3v) is 4.97. The molecule has 2 rings (SSSR count). The van der Waals surface area contributed by atoms with Gasteiger partial charge >= 0.3 is 0 Å². The standard InChI is InChI=1S/C22H29NO2/c1-6-16(2)11-21(24)22(3,4)20-9-7-18(8-10-20)19-12-17(15-25-5)13-23-14-19/h7-10,12-14,16H,6,11,15H2,1-5H3/t16-/m1/s1. The molecule has 1 aromatic heterocycles. The number of carbonyl (C=O) groups excluding carboxylic acids is 1. The maximum absolute atomic E-state index is 12.7. The van der Waals surface area contributed by atoms with Gasteiger partial charge in [0, 0.05) is 36.9 Å².